The average Bonchev–Trinajstić information content (AvgIpc) is 2.33. The fourth-order valence-electron chi connectivity index (χ4n) is 1.91. The molecule has 1 aromatic rings. The molecule has 1 aliphatic heterocycles. The minimum atomic E-state index is -0.601. The predicted octanol–water partition coefficient (Wildman–Crippen LogP) is 0.417. The molecule has 98 valence electrons. The molecule has 0 spiro atoms. The van der Waals surface area contributed by atoms with Gasteiger partial charge in [0.2, 0.25) is 5.91 Å². The Bertz CT molecular complexity index is 453. The molecule has 1 atom stereocenters. The normalized spacial score (nSPS) is 16.6. The second-order valence-corrected chi connectivity index (χ2v) is 5.27. The Hall–Kier alpha value is -1.24. The summed E-state index contributed by atoms with van der Waals surface area (Å²) in [6.45, 7) is 0.675. The van der Waals surface area contributed by atoms with E-state index in [9.17, 15) is 9.90 Å². The molecule has 1 unspecified atom stereocenters. The molecule has 6 heteroatoms. The van der Waals surface area contributed by atoms with Crippen LogP contribution in [0, 0.1) is 0 Å². The zero-order valence-corrected chi connectivity index (χ0v) is 10.8. The van der Waals surface area contributed by atoms with E-state index in [1.165, 1.54) is 11.8 Å². The van der Waals surface area contributed by atoms with Gasteiger partial charge in [0.05, 0.1) is 24.1 Å². The summed E-state index contributed by atoms with van der Waals surface area (Å²) in [5, 5.41) is 9.80. The Morgan fingerprint density at radius 3 is 3.00 bits per heavy atom. The van der Waals surface area contributed by atoms with Gasteiger partial charge < -0.3 is 21.5 Å². The second kappa shape index (κ2) is 5.60. The van der Waals surface area contributed by atoms with E-state index >= 15 is 0 Å². The van der Waals surface area contributed by atoms with Crippen molar-refractivity contribution < 1.29 is 9.90 Å². The Kier molecular flexibility index (Phi) is 4.11. The van der Waals surface area contributed by atoms with Gasteiger partial charge in [-0.3, -0.25) is 4.79 Å². The van der Waals surface area contributed by atoms with Crippen LogP contribution in [0.3, 0.4) is 0 Å². The summed E-state index contributed by atoms with van der Waals surface area (Å²) in [5.41, 5.74) is 12.5. The van der Waals surface area contributed by atoms with E-state index in [0.717, 1.165) is 10.6 Å². The highest BCUT2D eigenvalue weighted by Crippen LogP contribution is 2.36. The van der Waals surface area contributed by atoms with Gasteiger partial charge in [-0.05, 0) is 31.2 Å². The monoisotopic (exact) mass is 267 g/mol. The molecule has 0 saturated carbocycles. The lowest BCUT2D eigenvalue weighted by Crippen LogP contribution is -2.41. The van der Waals surface area contributed by atoms with Crippen LogP contribution >= 0.6 is 11.8 Å². The fraction of sp³-hybridized carbons (Fsp3) is 0.417. The first-order valence-electron chi connectivity index (χ1n) is 5.82. The summed E-state index contributed by atoms with van der Waals surface area (Å²) in [4.78, 5) is 14.5. The maximum Gasteiger partial charge on any atom is 0.237 e. The Morgan fingerprint density at radius 1 is 1.50 bits per heavy atom. The van der Waals surface area contributed by atoms with Crippen molar-refractivity contribution in [1.82, 2.24) is 0 Å². The molecular formula is C12H17N3O2S. The van der Waals surface area contributed by atoms with Crippen molar-refractivity contribution in [2.45, 2.75) is 17.4 Å². The van der Waals surface area contributed by atoms with Crippen LogP contribution in [-0.2, 0) is 4.79 Å². The van der Waals surface area contributed by atoms with E-state index in [-0.39, 0.29) is 12.5 Å². The van der Waals surface area contributed by atoms with E-state index < -0.39 is 6.10 Å². The zero-order valence-electron chi connectivity index (χ0n) is 10.0. The lowest BCUT2D eigenvalue weighted by molar-refractivity contribution is -0.116. The van der Waals surface area contributed by atoms with Crippen molar-refractivity contribution in [2.75, 3.05) is 29.5 Å². The minimum absolute atomic E-state index is 0.00540. The van der Waals surface area contributed by atoms with Gasteiger partial charge in [-0.1, -0.05) is 0 Å². The molecule has 5 nitrogen and oxygen atoms in total. The molecule has 1 aliphatic rings. The van der Waals surface area contributed by atoms with Crippen LogP contribution in [0.4, 0.5) is 11.4 Å². The molecule has 1 amide bonds. The van der Waals surface area contributed by atoms with Gasteiger partial charge in [-0.15, -0.1) is 11.8 Å². The standard InChI is InChI=1S/C12H17N3O2S/c13-4-3-9(16)6-15-10-5-8(14)1-2-11(10)18-7-12(15)17/h1-2,5,9,16H,3-4,6-7,13-14H2. The summed E-state index contributed by atoms with van der Waals surface area (Å²) < 4.78 is 0. The molecule has 0 aliphatic carbocycles. The van der Waals surface area contributed by atoms with Gasteiger partial charge in [-0.25, -0.2) is 0 Å². The highest BCUT2D eigenvalue weighted by Gasteiger charge is 2.26. The van der Waals surface area contributed by atoms with Crippen molar-refractivity contribution in [2.24, 2.45) is 5.73 Å². The molecule has 0 saturated heterocycles. The van der Waals surface area contributed by atoms with Gasteiger partial charge in [0.25, 0.3) is 0 Å². The van der Waals surface area contributed by atoms with E-state index in [4.69, 9.17) is 11.5 Å². The summed E-state index contributed by atoms with van der Waals surface area (Å²) in [6, 6.07) is 5.49. The number of fused-ring (bicyclic) bond motifs is 1. The second-order valence-electron chi connectivity index (χ2n) is 4.25. The first-order chi connectivity index (χ1) is 8.61. The number of hydrogen-bond donors (Lipinski definition) is 3. The van der Waals surface area contributed by atoms with Crippen LogP contribution in [-0.4, -0.2) is 36.0 Å². The SMILES string of the molecule is NCCC(O)CN1C(=O)CSc2ccc(N)cc21. The maximum absolute atomic E-state index is 11.9. The van der Waals surface area contributed by atoms with Crippen LogP contribution in [0.25, 0.3) is 0 Å². The molecule has 5 N–H and O–H groups in total. The number of β-amino-alcohol motifs (C(OH)–C–C–N with tert-alkyl or cyclic N) is 1. The molecular weight excluding hydrogens is 250 g/mol. The Balaban J connectivity index is 2.24. The smallest absolute Gasteiger partial charge is 0.237 e. The fourth-order valence-corrected chi connectivity index (χ4v) is 2.83. The number of benzene rings is 1. The topological polar surface area (TPSA) is 92.6 Å². The largest absolute Gasteiger partial charge is 0.399 e. The molecule has 0 fully saturated rings. The number of aliphatic hydroxyl groups excluding tert-OH is 1. The van der Waals surface area contributed by atoms with E-state index in [1.54, 1.807) is 11.0 Å². The molecule has 1 aromatic carbocycles. The quantitative estimate of drug-likeness (QED) is 0.687. The number of thioether (sulfide) groups is 1. The summed E-state index contributed by atoms with van der Waals surface area (Å²) in [5.74, 6) is 0.390. The van der Waals surface area contributed by atoms with E-state index in [2.05, 4.69) is 0 Å². The van der Waals surface area contributed by atoms with Crippen molar-refractivity contribution in [1.29, 1.82) is 0 Å². The van der Waals surface area contributed by atoms with Crippen LogP contribution < -0.4 is 16.4 Å². The molecule has 0 aromatic heterocycles. The Morgan fingerprint density at radius 2 is 2.28 bits per heavy atom. The predicted molar refractivity (Wildman–Crippen MR) is 73.6 cm³/mol. The number of nitrogens with zero attached hydrogens (tertiary/aromatic N) is 1. The Labute approximate surface area is 110 Å². The number of nitrogens with two attached hydrogens (primary N) is 2. The average molecular weight is 267 g/mol. The number of carbonyl (C=O) groups excluding carboxylic acids is 1. The lowest BCUT2D eigenvalue weighted by atomic mass is 10.2. The summed E-state index contributed by atoms with van der Waals surface area (Å²) in [7, 11) is 0. The van der Waals surface area contributed by atoms with Gasteiger partial charge in [0.1, 0.15) is 0 Å². The number of aliphatic hydroxyl groups is 1. The zero-order chi connectivity index (χ0) is 13.1. The lowest BCUT2D eigenvalue weighted by Gasteiger charge is -2.30. The van der Waals surface area contributed by atoms with E-state index in [1.807, 2.05) is 12.1 Å². The van der Waals surface area contributed by atoms with Crippen LogP contribution in [0.15, 0.2) is 23.1 Å². The third kappa shape index (κ3) is 2.77. The number of hydrogen-bond acceptors (Lipinski definition) is 5. The van der Waals surface area contributed by atoms with Crippen molar-refractivity contribution in [3.63, 3.8) is 0 Å². The van der Waals surface area contributed by atoms with Crippen LogP contribution in [0.2, 0.25) is 0 Å². The molecule has 0 radical (unpaired) electrons. The van der Waals surface area contributed by atoms with E-state index in [0.29, 0.717) is 24.4 Å². The summed E-state index contributed by atoms with van der Waals surface area (Å²) in [6.07, 6.45) is -0.120. The molecule has 2 rings (SSSR count). The molecule has 1 heterocycles. The van der Waals surface area contributed by atoms with Crippen molar-refractivity contribution in [3.05, 3.63) is 18.2 Å². The maximum atomic E-state index is 11.9. The number of rotatable bonds is 4. The third-order valence-electron chi connectivity index (χ3n) is 2.82. The van der Waals surface area contributed by atoms with Crippen molar-refractivity contribution in [3.8, 4) is 0 Å². The highest BCUT2D eigenvalue weighted by atomic mass is 32.2. The minimum Gasteiger partial charge on any atom is -0.399 e. The first-order valence-corrected chi connectivity index (χ1v) is 6.81. The number of carbonyl (C=O) groups is 1. The van der Waals surface area contributed by atoms with Gasteiger partial charge in [0.15, 0.2) is 0 Å². The first kappa shape index (κ1) is 13.2. The summed E-state index contributed by atoms with van der Waals surface area (Å²) >= 11 is 1.50. The molecule has 18 heavy (non-hydrogen) atoms. The third-order valence-corrected chi connectivity index (χ3v) is 3.87. The highest BCUT2D eigenvalue weighted by molar-refractivity contribution is 8.00. The van der Waals surface area contributed by atoms with Crippen LogP contribution in [0.1, 0.15) is 6.42 Å². The van der Waals surface area contributed by atoms with Gasteiger partial charge >= 0.3 is 0 Å². The van der Waals surface area contributed by atoms with Crippen molar-refractivity contribution >= 4 is 29.0 Å². The van der Waals surface area contributed by atoms with Gasteiger partial charge in [-0.2, -0.15) is 0 Å². The number of amides is 1. The van der Waals surface area contributed by atoms with Crippen LogP contribution in [0.5, 0.6) is 0 Å². The van der Waals surface area contributed by atoms with Gasteiger partial charge in [0, 0.05) is 10.6 Å². The molecule has 0 bridgehead atoms. The number of nitrogen functional groups attached to an aromatic ring is 1. The number of anilines is 2.